The van der Waals surface area contributed by atoms with Gasteiger partial charge in [0, 0.05) is 0 Å². The summed E-state index contributed by atoms with van der Waals surface area (Å²) in [5.41, 5.74) is 0. The summed E-state index contributed by atoms with van der Waals surface area (Å²) in [4.78, 5) is 0.0712. The lowest BCUT2D eigenvalue weighted by molar-refractivity contribution is 0.237. The van der Waals surface area contributed by atoms with Gasteiger partial charge in [-0.25, -0.2) is 0 Å². The van der Waals surface area contributed by atoms with Crippen molar-refractivity contribution >= 4 is 47.8 Å². The minimum atomic E-state index is -0.952. The Hall–Kier alpha value is 1.40. The van der Waals surface area contributed by atoms with E-state index in [0.717, 1.165) is 12.8 Å². The summed E-state index contributed by atoms with van der Waals surface area (Å²) in [6.45, 7) is 2.19. The van der Waals surface area contributed by atoms with Gasteiger partial charge in [-0.1, -0.05) is 48.5 Å². The Kier molecular flexibility index (Phi) is 7.59. The topological polar surface area (TPSA) is 20.2 Å². The molecular formula is C8H15Br3O. The van der Waals surface area contributed by atoms with E-state index >= 15 is 0 Å². The zero-order chi connectivity index (χ0) is 9.61. The van der Waals surface area contributed by atoms with Crippen LogP contribution >= 0.6 is 47.8 Å². The highest BCUT2D eigenvalue weighted by Crippen LogP contribution is 2.34. The maximum absolute atomic E-state index is 9.43. The zero-order valence-corrected chi connectivity index (χ0v) is 12.0. The molecule has 1 atom stereocenters. The van der Waals surface area contributed by atoms with Crippen molar-refractivity contribution < 1.29 is 5.11 Å². The van der Waals surface area contributed by atoms with Gasteiger partial charge in [0.25, 0.3) is 0 Å². The van der Waals surface area contributed by atoms with Crippen molar-refractivity contribution in [1.82, 2.24) is 0 Å². The van der Waals surface area contributed by atoms with E-state index in [1.807, 2.05) is 0 Å². The van der Waals surface area contributed by atoms with Crippen molar-refractivity contribution in [3.05, 3.63) is 0 Å². The Bertz CT molecular complexity index is 111. The standard InChI is InChI=1S/C8H15Br3O/c1-2-3-4-5-6-7(9)8(10,11)12/h7,12H,2-6H2,1H3. The van der Waals surface area contributed by atoms with E-state index in [9.17, 15) is 5.11 Å². The van der Waals surface area contributed by atoms with Crippen molar-refractivity contribution in [3.63, 3.8) is 0 Å². The Morgan fingerprint density at radius 2 is 1.83 bits per heavy atom. The summed E-state index contributed by atoms with van der Waals surface area (Å²) in [6.07, 6.45) is 5.91. The van der Waals surface area contributed by atoms with Crippen LogP contribution in [0.1, 0.15) is 39.0 Å². The van der Waals surface area contributed by atoms with Crippen LogP contribution in [-0.4, -0.2) is 13.4 Å². The number of alkyl halides is 3. The van der Waals surface area contributed by atoms with Crippen LogP contribution in [0, 0.1) is 0 Å². The molecule has 0 aliphatic carbocycles. The minimum absolute atomic E-state index is 0.0712. The molecule has 0 radical (unpaired) electrons. The largest absolute Gasteiger partial charge is 0.368 e. The van der Waals surface area contributed by atoms with Crippen molar-refractivity contribution in [2.24, 2.45) is 0 Å². The Balaban J connectivity index is 3.38. The summed E-state index contributed by atoms with van der Waals surface area (Å²) >= 11 is 9.68. The second kappa shape index (κ2) is 6.80. The van der Waals surface area contributed by atoms with E-state index in [4.69, 9.17) is 0 Å². The number of aliphatic hydroxyl groups is 1. The molecule has 0 heterocycles. The van der Waals surface area contributed by atoms with Gasteiger partial charge in [-0.3, -0.25) is 0 Å². The molecule has 4 heteroatoms. The van der Waals surface area contributed by atoms with Crippen LogP contribution in [-0.2, 0) is 0 Å². The van der Waals surface area contributed by atoms with E-state index in [0.29, 0.717) is 0 Å². The average Bonchev–Trinajstić information content (AvgIpc) is 1.96. The predicted molar refractivity (Wildman–Crippen MR) is 64.3 cm³/mol. The molecule has 74 valence electrons. The summed E-state index contributed by atoms with van der Waals surface area (Å²) in [6, 6.07) is 0. The lowest BCUT2D eigenvalue weighted by Gasteiger charge is -2.19. The van der Waals surface area contributed by atoms with Crippen LogP contribution in [0.5, 0.6) is 0 Å². The van der Waals surface area contributed by atoms with Gasteiger partial charge in [0.15, 0.2) is 3.42 Å². The maximum Gasteiger partial charge on any atom is 0.187 e. The van der Waals surface area contributed by atoms with Gasteiger partial charge in [0.2, 0.25) is 0 Å². The SMILES string of the molecule is CCCCCCC(Br)C(O)(Br)Br. The Labute approximate surface area is 99.7 Å². The van der Waals surface area contributed by atoms with Crippen molar-refractivity contribution in [2.45, 2.75) is 47.3 Å². The van der Waals surface area contributed by atoms with Crippen molar-refractivity contribution in [1.29, 1.82) is 0 Å². The van der Waals surface area contributed by atoms with Crippen LogP contribution in [0.4, 0.5) is 0 Å². The van der Waals surface area contributed by atoms with Gasteiger partial charge in [-0.2, -0.15) is 0 Å². The van der Waals surface area contributed by atoms with Gasteiger partial charge in [-0.05, 0) is 38.3 Å². The lowest BCUT2D eigenvalue weighted by atomic mass is 10.1. The summed E-state index contributed by atoms with van der Waals surface area (Å²) in [7, 11) is 0. The van der Waals surface area contributed by atoms with Crippen LogP contribution in [0.2, 0.25) is 0 Å². The van der Waals surface area contributed by atoms with Gasteiger partial charge in [-0.15, -0.1) is 0 Å². The number of halogens is 3. The minimum Gasteiger partial charge on any atom is -0.368 e. The molecule has 0 aliphatic rings. The first-order valence-corrected chi connectivity index (χ1v) is 6.73. The quantitative estimate of drug-likeness (QED) is 0.553. The first-order chi connectivity index (χ1) is 5.48. The molecular weight excluding hydrogens is 352 g/mol. The molecule has 0 aliphatic heterocycles. The monoisotopic (exact) mass is 364 g/mol. The van der Waals surface area contributed by atoms with Crippen LogP contribution < -0.4 is 0 Å². The second-order valence-electron chi connectivity index (χ2n) is 2.90. The molecule has 1 N–H and O–H groups in total. The third-order valence-corrected chi connectivity index (χ3v) is 5.14. The molecule has 0 saturated carbocycles. The smallest absolute Gasteiger partial charge is 0.187 e. The number of hydrogen-bond acceptors (Lipinski definition) is 1. The third-order valence-electron chi connectivity index (χ3n) is 1.69. The molecule has 0 aromatic carbocycles. The van der Waals surface area contributed by atoms with Crippen LogP contribution in [0.3, 0.4) is 0 Å². The average molecular weight is 367 g/mol. The number of unbranched alkanes of at least 4 members (excludes halogenated alkanes) is 3. The summed E-state index contributed by atoms with van der Waals surface area (Å²) in [5, 5.41) is 9.43. The fraction of sp³-hybridized carbons (Fsp3) is 1.00. The molecule has 0 bridgehead atoms. The predicted octanol–water partition coefficient (Wildman–Crippen LogP) is 4.16. The summed E-state index contributed by atoms with van der Waals surface area (Å²) in [5.74, 6) is 0. The lowest BCUT2D eigenvalue weighted by Crippen LogP contribution is -2.23. The molecule has 1 nitrogen and oxygen atoms in total. The highest BCUT2D eigenvalue weighted by atomic mass is 79.9. The highest BCUT2D eigenvalue weighted by Gasteiger charge is 2.27. The molecule has 12 heavy (non-hydrogen) atoms. The number of rotatable bonds is 6. The van der Waals surface area contributed by atoms with E-state index in [2.05, 4.69) is 54.7 Å². The number of hydrogen-bond donors (Lipinski definition) is 1. The zero-order valence-electron chi connectivity index (χ0n) is 7.19. The van der Waals surface area contributed by atoms with Crippen LogP contribution in [0.15, 0.2) is 0 Å². The molecule has 0 fully saturated rings. The highest BCUT2D eigenvalue weighted by molar-refractivity contribution is 9.26. The Morgan fingerprint density at radius 3 is 2.25 bits per heavy atom. The van der Waals surface area contributed by atoms with Gasteiger partial charge >= 0.3 is 0 Å². The van der Waals surface area contributed by atoms with E-state index in [-0.39, 0.29) is 4.83 Å². The second-order valence-corrected chi connectivity index (χ2v) is 7.49. The fourth-order valence-electron chi connectivity index (χ4n) is 0.924. The molecule has 0 saturated heterocycles. The molecule has 0 spiro atoms. The first-order valence-electron chi connectivity index (χ1n) is 4.22. The van der Waals surface area contributed by atoms with Crippen LogP contribution in [0.25, 0.3) is 0 Å². The normalized spacial score (nSPS) is 14.8. The fourth-order valence-corrected chi connectivity index (χ4v) is 1.71. The third kappa shape index (κ3) is 6.87. The molecule has 0 aromatic heterocycles. The van der Waals surface area contributed by atoms with Crippen molar-refractivity contribution in [2.75, 3.05) is 0 Å². The molecule has 0 aromatic rings. The van der Waals surface area contributed by atoms with Gasteiger partial charge in [0.05, 0.1) is 4.83 Å². The molecule has 1 unspecified atom stereocenters. The maximum atomic E-state index is 9.43. The van der Waals surface area contributed by atoms with Crippen molar-refractivity contribution in [3.8, 4) is 0 Å². The molecule has 0 rings (SSSR count). The van der Waals surface area contributed by atoms with Gasteiger partial charge < -0.3 is 5.11 Å². The summed E-state index contributed by atoms with van der Waals surface area (Å²) < 4.78 is -0.952. The van der Waals surface area contributed by atoms with E-state index in [1.54, 1.807) is 0 Å². The van der Waals surface area contributed by atoms with Gasteiger partial charge in [0.1, 0.15) is 0 Å². The molecule has 0 amide bonds. The first kappa shape index (κ1) is 13.4. The van der Waals surface area contributed by atoms with E-state index in [1.165, 1.54) is 19.3 Å². The Morgan fingerprint density at radius 1 is 1.25 bits per heavy atom. The van der Waals surface area contributed by atoms with E-state index < -0.39 is 3.42 Å².